The summed E-state index contributed by atoms with van der Waals surface area (Å²) < 4.78 is 0. The van der Waals surface area contributed by atoms with Crippen LogP contribution in [-0.4, -0.2) is 50.6 Å². The number of anilines is 1. The van der Waals surface area contributed by atoms with Gasteiger partial charge in [-0.15, -0.1) is 0 Å². The molecule has 1 fully saturated rings. The Morgan fingerprint density at radius 2 is 2.15 bits per heavy atom. The number of carboxylic acids is 1. The molecule has 0 aliphatic carbocycles. The number of aromatic amines is 1. The third-order valence-electron chi connectivity index (χ3n) is 4.52. The molecule has 0 saturated carbocycles. The molecular formula is C16H20ClN5O3S. The average Bonchev–Trinajstić information content (AvgIpc) is 3.13. The van der Waals surface area contributed by atoms with E-state index in [4.69, 9.17) is 11.6 Å². The summed E-state index contributed by atoms with van der Waals surface area (Å²) in [6.45, 7) is 6.22. The number of carbonyl (C=O) groups excluding carboxylic acids is 1. The van der Waals surface area contributed by atoms with Gasteiger partial charge in [0.1, 0.15) is 4.88 Å². The van der Waals surface area contributed by atoms with Gasteiger partial charge in [-0.05, 0) is 19.8 Å². The van der Waals surface area contributed by atoms with Gasteiger partial charge >= 0.3 is 5.97 Å². The lowest BCUT2D eigenvalue weighted by atomic mass is 9.94. The van der Waals surface area contributed by atoms with Crippen LogP contribution in [0.4, 0.5) is 5.13 Å². The SMILES string of the molecule is CCc1[nH]c(C(=O)N[C@H]2CN(c3nc(C)c(C(=O)O)s3)[C@H]2CC)nc1Cl. The quantitative estimate of drug-likeness (QED) is 0.690. The molecule has 0 spiro atoms. The highest BCUT2D eigenvalue weighted by molar-refractivity contribution is 7.17. The van der Waals surface area contributed by atoms with Crippen molar-refractivity contribution in [3.63, 3.8) is 0 Å². The Hall–Kier alpha value is -2.13. The summed E-state index contributed by atoms with van der Waals surface area (Å²) in [6.07, 6.45) is 1.47. The zero-order chi connectivity index (χ0) is 19.0. The molecule has 0 radical (unpaired) electrons. The molecule has 2 atom stereocenters. The van der Waals surface area contributed by atoms with Crippen molar-refractivity contribution in [2.24, 2.45) is 0 Å². The van der Waals surface area contributed by atoms with E-state index in [2.05, 4.69) is 20.3 Å². The average molecular weight is 398 g/mol. The molecule has 10 heteroatoms. The summed E-state index contributed by atoms with van der Waals surface area (Å²) in [5.41, 5.74) is 1.25. The van der Waals surface area contributed by atoms with Gasteiger partial charge in [0.2, 0.25) is 0 Å². The van der Waals surface area contributed by atoms with Gasteiger partial charge in [-0.1, -0.05) is 36.8 Å². The standard InChI is InChI=1S/C16H20ClN5O3S/c1-4-8-12(17)21-13(19-8)14(23)20-9-6-22(10(9)5-2)16-18-7(3)11(26-16)15(24)25/h9-10H,4-6H2,1-3H3,(H,19,21)(H,20,23)(H,24,25)/t9-,10-/m0/s1. The van der Waals surface area contributed by atoms with Gasteiger partial charge in [-0.2, -0.15) is 0 Å². The number of halogens is 1. The highest BCUT2D eigenvalue weighted by Crippen LogP contribution is 2.34. The molecule has 0 aromatic carbocycles. The number of carboxylic acid groups (broad SMARTS) is 1. The predicted molar refractivity (Wildman–Crippen MR) is 99.5 cm³/mol. The number of H-pyrrole nitrogens is 1. The van der Waals surface area contributed by atoms with Crippen LogP contribution >= 0.6 is 22.9 Å². The number of rotatable bonds is 6. The monoisotopic (exact) mass is 397 g/mol. The van der Waals surface area contributed by atoms with Crippen LogP contribution in [0.5, 0.6) is 0 Å². The first-order chi connectivity index (χ1) is 12.3. The Kier molecular flexibility index (Phi) is 5.19. The van der Waals surface area contributed by atoms with Gasteiger partial charge in [0, 0.05) is 6.54 Å². The summed E-state index contributed by atoms with van der Waals surface area (Å²) in [7, 11) is 0. The van der Waals surface area contributed by atoms with Crippen molar-refractivity contribution < 1.29 is 14.7 Å². The second kappa shape index (κ2) is 7.24. The van der Waals surface area contributed by atoms with Gasteiger partial charge in [-0.25, -0.2) is 14.8 Å². The molecule has 140 valence electrons. The number of thiazole rings is 1. The maximum Gasteiger partial charge on any atom is 0.347 e. The number of aromatic nitrogens is 3. The van der Waals surface area contributed by atoms with E-state index in [9.17, 15) is 14.7 Å². The molecule has 1 aliphatic rings. The lowest BCUT2D eigenvalue weighted by Crippen LogP contribution is -2.66. The normalized spacial score (nSPS) is 19.3. The van der Waals surface area contributed by atoms with Crippen molar-refractivity contribution >= 4 is 39.9 Å². The van der Waals surface area contributed by atoms with Crippen molar-refractivity contribution in [2.75, 3.05) is 11.4 Å². The minimum atomic E-state index is -0.967. The van der Waals surface area contributed by atoms with Crippen LogP contribution in [0.3, 0.4) is 0 Å². The molecule has 1 saturated heterocycles. The lowest BCUT2D eigenvalue weighted by molar-refractivity contribution is 0.0700. The van der Waals surface area contributed by atoms with Crippen molar-refractivity contribution in [1.29, 1.82) is 0 Å². The van der Waals surface area contributed by atoms with Crippen LogP contribution in [-0.2, 0) is 6.42 Å². The Morgan fingerprint density at radius 3 is 2.69 bits per heavy atom. The molecule has 0 unspecified atom stereocenters. The first-order valence-electron chi connectivity index (χ1n) is 8.38. The van der Waals surface area contributed by atoms with E-state index >= 15 is 0 Å². The molecule has 1 amide bonds. The van der Waals surface area contributed by atoms with Crippen LogP contribution in [0, 0.1) is 6.92 Å². The molecule has 1 aliphatic heterocycles. The molecule has 8 nitrogen and oxygen atoms in total. The first-order valence-corrected chi connectivity index (χ1v) is 9.57. The fourth-order valence-corrected chi connectivity index (χ4v) is 4.32. The van der Waals surface area contributed by atoms with Crippen LogP contribution in [0.25, 0.3) is 0 Å². The highest BCUT2D eigenvalue weighted by atomic mass is 35.5. The van der Waals surface area contributed by atoms with E-state index < -0.39 is 5.97 Å². The van der Waals surface area contributed by atoms with Crippen LogP contribution < -0.4 is 10.2 Å². The van der Waals surface area contributed by atoms with Crippen LogP contribution in [0.1, 0.15) is 51.9 Å². The summed E-state index contributed by atoms with van der Waals surface area (Å²) in [5, 5.41) is 13.2. The second-order valence-corrected chi connectivity index (χ2v) is 7.47. The van der Waals surface area contributed by atoms with E-state index in [0.29, 0.717) is 28.9 Å². The first kappa shape index (κ1) is 18.7. The summed E-state index contributed by atoms with van der Waals surface area (Å²) in [6, 6.07) is 0.00107. The Morgan fingerprint density at radius 1 is 1.42 bits per heavy atom. The van der Waals surface area contributed by atoms with Crippen molar-refractivity contribution in [1.82, 2.24) is 20.3 Å². The number of nitrogens with zero attached hydrogens (tertiary/aromatic N) is 3. The van der Waals surface area contributed by atoms with E-state index in [1.165, 1.54) is 0 Å². The van der Waals surface area contributed by atoms with Gasteiger partial charge in [0.15, 0.2) is 16.1 Å². The van der Waals surface area contributed by atoms with E-state index in [0.717, 1.165) is 23.5 Å². The fraction of sp³-hybridized carbons (Fsp3) is 0.500. The predicted octanol–water partition coefficient (Wildman–Crippen LogP) is 2.49. The molecule has 3 N–H and O–H groups in total. The van der Waals surface area contributed by atoms with E-state index in [1.807, 2.05) is 18.7 Å². The molecule has 3 heterocycles. The van der Waals surface area contributed by atoms with Crippen LogP contribution in [0.15, 0.2) is 0 Å². The number of hydrogen-bond donors (Lipinski definition) is 3. The third kappa shape index (κ3) is 3.28. The molecule has 3 rings (SSSR count). The van der Waals surface area contributed by atoms with E-state index in [-0.39, 0.29) is 28.7 Å². The third-order valence-corrected chi connectivity index (χ3v) is 6.01. The largest absolute Gasteiger partial charge is 0.477 e. The Balaban J connectivity index is 1.69. The van der Waals surface area contributed by atoms with Crippen molar-refractivity contribution in [3.05, 3.63) is 27.2 Å². The number of carbonyl (C=O) groups is 2. The summed E-state index contributed by atoms with van der Waals surface area (Å²) in [4.78, 5) is 37.3. The van der Waals surface area contributed by atoms with E-state index in [1.54, 1.807) is 6.92 Å². The number of nitrogens with one attached hydrogen (secondary N) is 2. The smallest absolute Gasteiger partial charge is 0.347 e. The van der Waals surface area contributed by atoms with Crippen LogP contribution in [0.2, 0.25) is 5.15 Å². The number of imidazole rings is 1. The molecular weight excluding hydrogens is 378 g/mol. The topological polar surface area (TPSA) is 111 Å². The maximum atomic E-state index is 12.4. The number of hydrogen-bond acceptors (Lipinski definition) is 6. The van der Waals surface area contributed by atoms with Gasteiger partial charge in [0.05, 0.1) is 23.5 Å². The molecule has 2 aromatic rings. The fourth-order valence-electron chi connectivity index (χ4n) is 3.08. The van der Waals surface area contributed by atoms with Gasteiger partial charge < -0.3 is 20.3 Å². The number of amides is 1. The maximum absolute atomic E-state index is 12.4. The van der Waals surface area contributed by atoms with Crippen molar-refractivity contribution in [3.8, 4) is 0 Å². The minimum absolute atomic E-state index is 0.0565. The molecule has 26 heavy (non-hydrogen) atoms. The summed E-state index contributed by atoms with van der Waals surface area (Å²) >= 11 is 7.15. The number of aromatic carboxylic acids is 1. The zero-order valence-electron chi connectivity index (χ0n) is 14.7. The zero-order valence-corrected chi connectivity index (χ0v) is 16.2. The van der Waals surface area contributed by atoms with Crippen molar-refractivity contribution in [2.45, 2.75) is 45.7 Å². The summed E-state index contributed by atoms with van der Waals surface area (Å²) in [5.74, 6) is -1.05. The molecule has 2 aromatic heterocycles. The highest BCUT2D eigenvalue weighted by Gasteiger charge is 2.41. The lowest BCUT2D eigenvalue weighted by Gasteiger charge is -2.47. The van der Waals surface area contributed by atoms with Gasteiger partial charge in [0.25, 0.3) is 5.91 Å². The Labute approximate surface area is 159 Å². The number of aryl methyl sites for hydroxylation is 2. The minimum Gasteiger partial charge on any atom is -0.477 e. The van der Waals surface area contributed by atoms with Gasteiger partial charge in [-0.3, -0.25) is 4.79 Å². The molecule has 0 bridgehead atoms. The second-order valence-electron chi connectivity index (χ2n) is 6.13. The Bertz CT molecular complexity index is 849.